The second kappa shape index (κ2) is 8.14. The van der Waals surface area contributed by atoms with Crippen molar-refractivity contribution < 1.29 is 23.0 Å². The van der Waals surface area contributed by atoms with Gasteiger partial charge in [0.2, 0.25) is 0 Å². The third-order valence-electron chi connectivity index (χ3n) is 4.83. The Morgan fingerprint density at radius 1 is 1.23 bits per heavy atom. The molecular formula is C18H15Cl3F2N4O3. The topological polar surface area (TPSA) is 98.8 Å². The number of ether oxygens (including phenoxy) is 2. The smallest absolute Gasteiger partial charge is 0.283 e. The van der Waals surface area contributed by atoms with E-state index >= 15 is 4.39 Å². The summed E-state index contributed by atoms with van der Waals surface area (Å²) in [5, 5.41) is 2.87. The van der Waals surface area contributed by atoms with Crippen molar-refractivity contribution in [3.63, 3.8) is 0 Å². The van der Waals surface area contributed by atoms with Crippen LogP contribution in [0.1, 0.15) is 16.1 Å². The van der Waals surface area contributed by atoms with Gasteiger partial charge in [0.1, 0.15) is 18.1 Å². The molecule has 2 unspecified atom stereocenters. The molecule has 1 fully saturated rings. The summed E-state index contributed by atoms with van der Waals surface area (Å²) in [6.07, 6.45) is 1.27. The van der Waals surface area contributed by atoms with Gasteiger partial charge in [-0.25, -0.2) is 18.8 Å². The Bertz CT molecular complexity index is 1040. The molecule has 3 N–H and O–H groups in total. The van der Waals surface area contributed by atoms with Crippen LogP contribution in [0.15, 0.2) is 35.5 Å². The van der Waals surface area contributed by atoms with Gasteiger partial charge in [0.05, 0.1) is 23.3 Å². The molecule has 0 spiro atoms. The number of nitrogens with one attached hydrogen (secondary N) is 1. The van der Waals surface area contributed by atoms with Gasteiger partial charge in [0, 0.05) is 17.4 Å². The van der Waals surface area contributed by atoms with Crippen molar-refractivity contribution in [1.82, 2.24) is 4.98 Å². The maximum atomic E-state index is 15.5. The number of rotatable bonds is 3. The molecule has 0 aliphatic carbocycles. The fourth-order valence-electron chi connectivity index (χ4n) is 3.38. The van der Waals surface area contributed by atoms with E-state index in [1.165, 1.54) is 24.4 Å². The lowest BCUT2D eigenvalue weighted by molar-refractivity contribution is 0.00905. The van der Waals surface area contributed by atoms with Crippen molar-refractivity contribution in [3.8, 4) is 0 Å². The van der Waals surface area contributed by atoms with Crippen LogP contribution in [0.5, 0.6) is 0 Å². The number of alkyl halides is 1. The zero-order chi connectivity index (χ0) is 20.8. The van der Waals surface area contributed by atoms with E-state index in [0.717, 1.165) is 6.07 Å². The van der Waals surface area contributed by atoms with Crippen LogP contribution in [0.4, 0.5) is 14.5 Å². The highest BCUT2D eigenvalue weighted by Crippen LogP contribution is 2.48. The van der Waals surface area contributed by atoms with E-state index in [1.54, 1.807) is 0 Å². The number of halogens is 5. The first-order valence-electron chi connectivity index (χ1n) is 8.41. The van der Waals surface area contributed by atoms with Crippen LogP contribution in [-0.2, 0) is 15.0 Å². The molecule has 1 aromatic heterocycles. The summed E-state index contributed by atoms with van der Waals surface area (Å²) in [5.41, 5.74) is 1.79. The number of fused-ring (bicyclic) bond motifs is 1. The molecule has 0 radical (unpaired) electrons. The average Bonchev–Trinajstić information content (AvgIpc) is 3.00. The first-order chi connectivity index (χ1) is 13.7. The van der Waals surface area contributed by atoms with Gasteiger partial charge in [-0.15, -0.1) is 12.4 Å². The minimum Gasteiger partial charge on any atom is -0.462 e. The van der Waals surface area contributed by atoms with E-state index < -0.39 is 29.5 Å². The summed E-state index contributed by atoms with van der Waals surface area (Å²) in [6.45, 7) is -0.987. The van der Waals surface area contributed by atoms with Crippen molar-refractivity contribution in [2.24, 2.45) is 10.7 Å². The Morgan fingerprint density at radius 2 is 2.00 bits per heavy atom. The van der Waals surface area contributed by atoms with Crippen molar-refractivity contribution in [1.29, 1.82) is 0 Å². The predicted molar refractivity (Wildman–Crippen MR) is 110 cm³/mol. The fourth-order valence-corrected chi connectivity index (χ4v) is 3.85. The molecule has 1 saturated heterocycles. The molecule has 2 atom stereocenters. The van der Waals surface area contributed by atoms with Gasteiger partial charge < -0.3 is 20.5 Å². The Hall–Kier alpha value is -2.20. The summed E-state index contributed by atoms with van der Waals surface area (Å²) >= 11 is 11.8. The summed E-state index contributed by atoms with van der Waals surface area (Å²) in [7, 11) is 0. The van der Waals surface area contributed by atoms with Crippen LogP contribution in [0, 0.1) is 5.82 Å². The molecule has 0 bridgehead atoms. The van der Waals surface area contributed by atoms with E-state index in [9.17, 15) is 9.18 Å². The van der Waals surface area contributed by atoms with Gasteiger partial charge >= 0.3 is 0 Å². The van der Waals surface area contributed by atoms with Crippen LogP contribution < -0.4 is 11.1 Å². The SMILES string of the molecule is Cl.NC1=NC2(c3cc(NC(=O)c4ncc(Cl)cc4Cl)ccc3F)COCC2(F)CO1. The lowest BCUT2D eigenvalue weighted by Gasteiger charge is -2.38. The van der Waals surface area contributed by atoms with Gasteiger partial charge in [0.25, 0.3) is 11.9 Å². The number of nitrogens with two attached hydrogens (primary N) is 1. The predicted octanol–water partition coefficient (Wildman–Crippen LogP) is 3.48. The number of hydrogen-bond donors (Lipinski definition) is 2. The van der Waals surface area contributed by atoms with Crippen LogP contribution >= 0.6 is 35.6 Å². The first-order valence-corrected chi connectivity index (χ1v) is 9.17. The summed E-state index contributed by atoms with van der Waals surface area (Å²) < 4.78 is 40.5. The standard InChI is InChI=1S/C18H14Cl2F2N4O3.ClH/c19-9-3-12(20)14(24-5-9)15(27)25-10-1-2-13(21)11(4-10)18-8-28-6-17(18,22)7-29-16(23)26-18;/h1-5H,6-8H2,(H2,23,26)(H,25,27);1H. The number of benzene rings is 1. The molecule has 2 aromatic rings. The largest absolute Gasteiger partial charge is 0.462 e. The minimum absolute atomic E-state index is 0. The molecule has 2 aliphatic heterocycles. The average molecular weight is 480 g/mol. The number of aromatic nitrogens is 1. The molecule has 12 heteroatoms. The third-order valence-corrected chi connectivity index (χ3v) is 5.32. The molecule has 30 heavy (non-hydrogen) atoms. The monoisotopic (exact) mass is 478 g/mol. The Morgan fingerprint density at radius 3 is 2.73 bits per heavy atom. The zero-order valence-electron chi connectivity index (χ0n) is 15.1. The van der Waals surface area contributed by atoms with E-state index in [-0.39, 0.29) is 58.6 Å². The van der Waals surface area contributed by atoms with Gasteiger partial charge in [-0.3, -0.25) is 4.79 Å². The number of nitrogens with zero attached hydrogens (tertiary/aromatic N) is 2. The van der Waals surface area contributed by atoms with Crippen molar-refractivity contribution in [2.75, 3.05) is 25.1 Å². The summed E-state index contributed by atoms with van der Waals surface area (Å²) in [4.78, 5) is 20.4. The van der Waals surface area contributed by atoms with E-state index in [2.05, 4.69) is 15.3 Å². The Labute approximate surface area is 186 Å². The van der Waals surface area contributed by atoms with Crippen LogP contribution in [0.3, 0.4) is 0 Å². The van der Waals surface area contributed by atoms with Gasteiger partial charge in [0.15, 0.2) is 11.2 Å². The van der Waals surface area contributed by atoms with Crippen molar-refractivity contribution >= 4 is 53.2 Å². The highest BCUT2D eigenvalue weighted by Gasteiger charge is 2.62. The molecule has 3 heterocycles. The first kappa shape index (κ1) is 22.5. The number of pyridine rings is 1. The summed E-state index contributed by atoms with van der Waals surface area (Å²) in [6, 6.07) is 4.79. The number of carbonyl (C=O) groups is 1. The zero-order valence-corrected chi connectivity index (χ0v) is 17.5. The second-order valence-electron chi connectivity index (χ2n) is 6.69. The number of hydrogen-bond acceptors (Lipinski definition) is 6. The van der Waals surface area contributed by atoms with E-state index in [4.69, 9.17) is 38.4 Å². The van der Waals surface area contributed by atoms with Crippen LogP contribution in [0.25, 0.3) is 0 Å². The van der Waals surface area contributed by atoms with Crippen molar-refractivity contribution in [3.05, 3.63) is 57.6 Å². The van der Waals surface area contributed by atoms with E-state index in [0.29, 0.717) is 0 Å². The molecular weight excluding hydrogens is 465 g/mol. The molecule has 1 aromatic carbocycles. The minimum atomic E-state index is -2.11. The summed E-state index contributed by atoms with van der Waals surface area (Å²) in [5.74, 6) is -1.37. The Kier molecular flexibility index (Phi) is 6.10. The van der Waals surface area contributed by atoms with Crippen LogP contribution in [-0.4, -0.2) is 42.4 Å². The highest BCUT2D eigenvalue weighted by atomic mass is 35.5. The molecule has 7 nitrogen and oxygen atoms in total. The number of amidine groups is 1. The van der Waals surface area contributed by atoms with Crippen LogP contribution in [0.2, 0.25) is 10.0 Å². The van der Waals surface area contributed by atoms with Gasteiger partial charge in [-0.05, 0) is 24.3 Å². The quantitative estimate of drug-likeness (QED) is 0.702. The molecule has 1 amide bonds. The van der Waals surface area contributed by atoms with Gasteiger partial charge in [-0.1, -0.05) is 23.2 Å². The maximum absolute atomic E-state index is 15.5. The number of aliphatic imine (C=N–C) groups is 1. The normalized spacial score (nSPS) is 24.9. The molecule has 160 valence electrons. The third kappa shape index (κ3) is 3.66. The van der Waals surface area contributed by atoms with E-state index in [1.807, 2.05) is 0 Å². The van der Waals surface area contributed by atoms with Gasteiger partial charge in [-0.2, -0.15) is 0 Å². The molecule has 2 aliphatic rings. The second-order valence-corrected chi connectivity index (χ2v) is 7.53. The maximum Gasteiger partial charge on any atom is 0.283 e. The number of carbonyl (C=O) groups excluding carboxylic acids is 1. The fraction of sp³-hybridized carbons (Fsp3) is 0.278. The number of amides is 1. The highest BCUT2D eigenvalue weighted by molar-refractivity contribution is 6.36. The molecule has 0 saturated carbocycles. The lowest BCUT2D eigenvalue weighted by Crippen LogP contribution is -2.55. The Balaban J connectivity index is 0.00000256. The molecule has 4 rings (SSSR count). The lowest BCUT2D eigenvalue weighted by atomic mass is 9.78. The van der Waals surface area contributed by atoms with Crippen molar-refractivity contribution in [2.45, 2.75) is 11.2 Å². The number of anilines is 1.